The lowest BCUT2D eigenvalue weighted by Crippen LogP contribution is -2.29. The van der Waals surface area contributed by atoms with E-state index in [9.17, 15) is 4.79 Å². The number of nitrogens with two attached hydrogens (primary N) is 1. The summed E-state index contributed by atoms with van der Waals surface area (Å²) in [7, 11) is 0. The third kappa shape index (κ3) is 3.23. The molecule has 1 aliphatic rings. The first-order valence-corrected chi connectivity index (χ1v) is 6.43. The third-order valence-electron chi connectivity index (χ3n) is 3.45. The van der Waals surface area contributed by atoms with Gasteiger partial charge in [-0.1, -0.05) is 17.7 Å². The van der Waals surface area contributed by atoms with Crippen LogP contribution in [0.1, 0.15) is 24.8 Å². The third-order valence-corrected chi connectivity index (χ3v) is 3.45. The molecule has 1 aromatic carbocycles. The quantitative estimate of drug-likeness (QED) is 0.864. The number of carbonyl (C=O) groups is 1. The van der Waals surface area contributed by atoms with Gasteiger partial charge in [-0.25, -0.2) is 4.79 Å². The predicted molar refractivity (Wildman–Crippen MR) is 71.5 cm³/mol. The van der Waals surface area contributed by atoms with Gasteiger partial charge in [0.15, 0.2) is 0 Å². The molecule has 98 valence electrons. The van der Waals surface area contributed by atoms with Gasteiger partial charge in [0.2, 0.25) is 0 Å². The Morgan fingerprint density at radius 3 is 2.78 bits per heavy atom. The molecule has 1 fully saturated rings. The Balaban J connectivity index is 1.86. The van der Waals surface area contributed by atoms with E-state index in [4.69, 9.17) is 10.5 Å². The summed E-state index contributed by atoms with van der Waals surface area (Å²) in [5.74, 6) is 0.314. The average Bonchev–Trinajstić information content (AvgIpc) is 2.79. The molecule has 0 radical (unpaired) electrons. The maximum absolute atomic E-state index is 11.7. The van der Waals surface area contributed by atoms with Crippen LogP contribution in [0.3, 0.4) is 0 Å². The Kier molecular flexibility index (Phi) is 4.20. The fourth-order valence-electron chi connectivity index (χ4n) is 2.35. The average molecular weight is 248 g/mol. The van der Waals surface area contributed by atoms with Crippen molar-refractivity contribution < 1.29 is 9.53 Å². The predicted octanol–water partition coefficient (Wildman–Crippen LogP) is 2.67. The Bertz CT molecular complexity index is 403. The van der Waals surface area contributed by atoms with Crippen molar-refractivity contribution in [3.05, 3.63) is 29.8 Å². The summed E-state index contributed by atoms with van der Waals surface area (Å²) in [6, 6.07) is 7.64. The van der Waals surface area contributed by atoms with E-state index in [0.29, 0.717) is 12.5 Å². The molecule has 2 atom stereocenters. The normalized spacial score (nSPS) is 22.8. The Hall–Kier alpha value is -1.55. The number of hydrogen-bond acceptors (Lipinski definition) is 3. The van der Waals surface area contributed by atoms with Crippen LogP contribution < -0.4 is 11.1 Å². The van der Waals surface area contributed by atoms with Crippen LogP contribution in [0.15, 0.2) is 24.3 Å². The second kappa shape index (κ2) is 5.87. The monoisotopic (exact) mass is 248 g/mol. The fourth-order valence-corrected chi connectivity index (χ4v) is 2.35. The first-order chi connectivity index (χ1) is 8.69. The van der Waals surface area contributed by atoms with E-state index in [1.807, 2.05) is 31.2 Å². The van der Waals surface area contributed by atoms with Crippen molar-refractivity contribution in [1.82, 2.24) is 0 Å². The molecule has 2 rings (SSSR count). The molecule has 1 amide bonds. The number of hydrogen-bond donors (Lipinski definition) is 2. The van der Waals surface area contributed by atoms with Crippen molar-refractivity contribution in [2.24, 2.45) is 11.7 Å². The number of amides is 1. The SMILES string of the molecule is Cc1ccc(NC(=O)OC2CCCC2CN)cc1. The molecule has 3 N–H and O–H groups in total. The maximum atomic E-state index is 11.7. The molecule has 18 heavy (non-hydrogen) atoms. The van der Waals surface area contributed by atoms with Crippen LogP contribution in [0.2, 0.25) is 0 Å². The number of carbonyl (C=O) groups excluding carboxylic acids is 1. The standard InChI is InChI=1S/C14H20N2O2/c1-10-5-7-12(8-6-10)16-14(17)18-13-4-2-3-11(13)9-15/h5-8,11,13H,2-4,9,15H2,1H3,(H,16,17). The lowest BCUT2D eigenvalue weighted by molar-refractivity contribution is 0.0893. The summed E-state index contributed by atoms with van der Waals surface area (Å²) in [5, 5.41) is 2.74. The summed E-state index contributed by atoms with van der Waals surface area (Å²) in [4.78, 5) is 11.7. The van der Waals surface area contributed by atoms with Gasteiger partial charge in [0.25, 0.3) is 0 Å². The molecule has 2 unspecified atom stereocenters. The van der Waals surface area contributed by atoms with Gasteiger partial charge in [-0.05, 0) is 44.9 Å². The highest BCUT2D eigenvalue weighted by atomic mass is 16.6. The summed E-state index contributed by atoms with van der Waals surface area (Å²) in [5.41, 5.74) is 7.57. The van der Waals surface area contributed by atoms with Gasteiger partial charge in [-0.2, -0.15) is 0 Å². The van der Waals surface area contributed by atoms with Gasteiger partial charge in [0.1, 0.15) is 6.10 Å². The maximum Gasteiger partial charge on any atom is 0.411 e. The summed E-state index contributed by atoms with van der Waals surface area (Å²) in [6.45, 7) is 2.59. The zero-order valence-corrected chi connectivity index (χ0v) is 10.7. The molecule has 1 saturated carbocycles. The van der Waals surface area contributed by atoms with Crippen LogP contribution in [0.4, 0.5) is 10.5 Å². The highest BCUT2D eigenvalue weighted by Crippen LogP contribution is 2.27. The van der Waals surface area contributed by atoms with E-state index >= 15 is 0 Å². The van der Waals surface area contributed by atoms with Gasteiger partial charge >= 0.3 is 6.09 Å². The lowest BCUT2D eigenvalue weighted by Gasteiger charge is -2.18. The van der Waals surface area contributed by atoms with Crippen molar-refractivity contribution >= 4 is 11.8 Å². The van der Waals surface area contributed by atoms with E-state index in [0.717, 1.165) is 30.5 Å². The molecular formula is C14H20N2O2. The van der Waals surface area contributed by atoms with E-state index in [1.54, 1.807) is 0 Å². The zero-order valence-electron chi connectivity index (χ0n) is 10.7. The molecule has 4 nitrogen and oxygen atoms in total. The Labute approximate surface area is 108 Å². The van der Waals surface area contributed by atoms with E-state index in [1.165, 1.54) is 0 Å². The second-order valence-electron chi connectivity index (χ2n) is 4.86. The molecule has 0 aromatic heterocycles. The van der Waals surface area contributed by atoms with Gasteiger partial charge in [-0.3, -0.25) is 5.32 Å². The van der Waals surface area contributed by atoms with Crippen LogP contribution in [0.5, 0.6) is 0 Å². The lowest BCUT2D eigenvalue weighted by atomic mass is 10.1. The number of benzene rings is 1. The van der Waals surface area contributed by atoms with Crippen molar-refractivity contribution in [3.63, 3.8) is 0 Å². The van der Waals surface area contributed by atoms with Crippen molar-refractivity contribution in [1.29, 1.82) is 0 Å². The number of ether oxygens (including phenoxy) is 1. The largest absolute Gasteiger partial charge is 0.446 e. The van der Waals surface area contributed by atoms with Crippen molar-refractivity contribution in [3.8, 4) is 0 Å². The molecule has 1 aliphatic carbocycles. The smallest absolute Gasteiger partial charge is 0.411 e. The number of rotatable bonds is 3. The topological polar surface area (TPSA) is 64.3 Å². The van der Waals surface area contributed by atoms with Crippen molar-refractivity contribution in [2.75, 3.05) is 11.9 Å². The highest BCUT2D eigenvalue weighted by Gasteiger charge is 2.29. The minimum atomic E-state index is -0.385. The van der Waals surface area contributed by atoms with E-state index in [2.05, 4.69) is 5.32 Å². The fraction of sp³-hybridized carbons (Fsp3) is 0.500. The summed E-state index contributed by atoms with van der Waals surface area (Å²) in [6.07, 6.45) is 2.65. The van der Waals surface area contributed by atoms with Crippen LogP contribution >= 0.6 is 0 Å². The van der Waals surface area contributed by atoms with Crippen LogP contribution in [0.25, 0.3) is 0 Å². The van der Waals surface area contributed by atoms with E-state index < -0.39 is 0 Å². The van der Waals surface area contributed by atoms with Gasteiger partial charge in [0.05, 0.1) is 0 Å². The number of aryl methyl sites for hydroxylation is 1. The van der Waals surface area contributed by atoms with Gasteiger partial charge < -0.3 is 10.5 Å². The first-order valence-electron chi connectivity index (χ1n) is 6.43. The van der Waals surface area contributed by atoms with E-state index in [-0.39, 0.29) is 12.2 Å². The molecule has 0 aliphatic heterocycles. The molecule has 0 heterocycles. The molecule has 0 bridgehead atoms. The molecule has 0 saturated heterocycles. The summed E-state index contributed by atoms with van der Waals surface area (Å²) >= 11 is 0. The van der Waals surface area contributed by atoms with Gasteiger partial charge in [0, 0.05) is 11.6 Å². The minimum Gasteiger partial charge on any atom is -0.446 e. The first kappa shape index (κ1) is 12.9. The Morgan fingerprint density at radius 1 is 1.39 bits per heavy atom. The van der Waals surface area contributed by atoms with Gasteiger partial charge in [-0.15, -0.1) is 0 Å². The highest BCUT2D eigenvalue weighted by molar-refractivity contribution is 5.84. The van der Waals surface area contributed by atoms with Crippen LogP contribution in [-0.2, 0) is 4.74 Å². The van der Waals surface area contributed by atoms with Crippen LogP contribution in [-0.4, -0.2) is 18.7 Å². The zero-order chi connectivity index (χ0) is 13.0. The Morgan fingerprint density at radius 2 is 2.11 bits per heavy atom. The van der Waals surface area contributed by atoms with Crippen LogP contribution in [0, 0.1) is 12.8 Å². The number of nitrogens with one attached hydrogen (secondary N) is 1. The van der Waals surface area contributed by atoms with Crippen molar-refractivity contribution in [2.45, 2.75) is 32.3 Å². The molecule has 0 spiro atoms. The number of anilines is 1. The second-order valence-corrected chi connectivity index (χ2v) is 4.86. The summed E-state index contributed by atoms with van der Waals surface area (Å²) < 4.78 is 5.42. The molecule has 1 aromatic rings. The minimum absolute atomic E-state index is 0.0274. The molecule has 4 heteroatoms. The molecular weight excluding hydrogens is 228 g/mol.